The summed E-state index contributed by atoms with van der Waals surface area (Å²) in [6, 6.07) is 11.7. The molecule has 20 heavy (non-hydrogen) atoms. The van der Waals surface area contributed by atoms with Gasteiger partial charge in [0.05, 0.1) is 5.56 Å². The maximum atomic E-state index is 12.6. The molecule has 2 N–H and O–H groups in total. The Balaban J connectivity index is 1.79. The second kappa shape index (κ2) is 5.33. The van der Waals surface area contributed by atoms with Crippen LogP contribution in [0.4, 0.5) is 5.69 Å². The van der Waals surface area contributed by atoms with Crippen LogP contribution in [-0.4, -0.2) is 21.8 Å². The maximum absolute atomic E-state index is 12.6. The largest absolute Gasteiger partial charge is 0.399 e. The molecule has 1 aromatic heterocycles. The van der Waals surface area contributed by atoms with E-state index in [-0.39, 0.29) is 5.91 Å². The van der Waals surface area contributed by atoms with Gasteiger partial charge in [0.1, 0.15) is 0 Å². The van der Waals surface area contributed by atoms with Gasteiger partial charge in [-0.05, 0) is 42.7 Å². The molecule has 1 aromatic carbocycles. The summed E-state index contributed by atoms with van der Waals surface area (Å²) in [6.07, 6.45) is 5.47. The van der Waals surface area contributed by atoms with Crippen LogP contribution in [0.3, 0.4) is 0 Å². The van der Waals surface area contributed by atoms with Crippen molar-refractivity contribution in [3.63, 3.8) is 0 Å². The van der Waals surface area contributed by atoms with Crippen LogP contribution in [0.25, 0.3) is 0 Å². The highest BCUT2D eigenvalue weighted by Gasteiger charge is 2.33. The first kappa shape index (κ1) is 12.7. The highest BCUT2D eigenvalue weighted by atomic mass is 16.2. The van der Waals surface area contributed by atoms with Gasteiger partial charge < -0.3 is 10.6 Å². The van der Waals surface area contributed by atoms with Gasteiger partial charge in [-0.15, -0.1) is 0 Å². The van der Waals surface area contributed by atoms with Crippen molar-refractivity contribution >= 4 is 11.6 Å². The van der Waals surface area contributed by atoms with Crippen LogP contribution in [0.5, 0.6) is 0 Å². The Morgan fingerprint density at radius 1 is 1.25 bits per heavy atom. The highest BCUT2D eigenvalue weighted by Crippen LogP contribution is 2.29. The Hall–Kier alpha value is -2.36. The number of carbonyl (C=O) groups is 1. The molecular weight excluding hydrogens is 250 g/mol. The molecule has 0 bridgehead atoms. The van der Waals surface area contributed by atoms with Crippen molar-refractivity contribution in [3.05, 3.63) is 59.9 Å². The van der Waals surface area contributed by atoms with Gasteiger partial charge in [0.15, 0.2) is 0 Å². The molecule has 1 amide bonds. The zero-order valence-corrected chi connectivity index (χ0v) is 11.2. The Bertz CT molecular complexity index is 591. The van der Waals surface area contributed by atoms with E-state index in [0.29, 0.717) is 18.2 Å². The summed E-state index contributed by atoms with van der Waals surface area (Å²) < 4.78 is 0. The maximum Gasteiger partial charge on any atom is 0.255 e. The fourth-order valence-electron chi connectivity index (χ4n) is 2.23. The normalized spacial score (nSPS) is 14.0. The molecule has 3 rings (SSSR count). The lowest BCUT2D eigenvalue weighted by Crippen LogP contribution is -2.32. The minimum atomic E-state index is 0.0532. The van der Waals surface area contributed by atoms with Crippen molar-refractivity contribution in [1.29, 1.82) is 0 Å². The third-order valence-corrected chi connectivity index (χ3v) is 3.49. The molecule has 1 fully saturated rings. The Morgan fingerprint density at radius 2 is 2.00 bits per heavy atom. The topological polar surface area (TPSA) is 59.2 Å². The summed E-state index contributed by atoms with van der Waals surface area (Å²) in [5.74, 6) is 0.0532. The van der Waals surface area contributed by atoms with Crippen LogP contribution >= 0.6 is 0 Å². The van der Waals surface area contributed by atoms with Gasteiger partial charge >= 0.3 is 0 Å². The number of benzene rings is 1. The van der Waals surface area contributed by atoms with E-state index in [1.807, 2.05) is 35.2 Å². The zero-order valence-electron chi connectivity index (χ0n) is 11.2. The first-order valence-electron chi connectivity index (χ1n) is 6.79. The summed E-state index contributed by atoms with van der Waals surface area (Å²) in [7, 11) is 0. The number of hydrogen-bond donors (Lipinski definition) is 1. The average Bonchev–Trinajstić information content (AvgIpc) is 3.31. The van der Waals surface area contributed by atoms with Gasteiger partial charge in [-0.3, -0.25) is 9.78 Å². The number of amides is 1. The lowest BCUT2D eigenvalue weighted by atomic mass is 10.1. The standard InChI is InChI=1S/C16H17N3O/c17-14-5-3-12(4-6-14)11-19(15-7-8-15)16(20)13-2-1-9-18-10-13/h1-6,9-10,15H,7-8,11,17H2. The molecular formula is C16H17N3O. The van der Waals surface area contributed by atoms with E-state index in [9.17, 15) is 4.79 Å². The number of aromatic nitrogens is 1. The summed E-state index contributed by atoms with van der Waals surface area (Å²) in [4.78, 5) is 18.5. The number of rotatable bonds is 4. The Morgan fingerprint density at radius 3 is 2.60 bits per heavy atom. The van der Waals surface area contributed by atoms with E-state index in [4.69, 9.17) is 5.73 Å². The van der Waals surface area contributed by atoms with Crippen molar-refractivity contribution in [1.82, 2.24) is 9.88 Å². The summed E-state index contributed by atoms with van der Waals surface area (Å²) in [6.45, 7) is 0.624. The summed E-state index contributed by atoms with van der Waals surface area (Å²) in [5, 5.41) is 0. The third-order valence-electron chi connectivity index (χ3n) is 3.49. The minimum Gasteiger partial charge on any atom is -0.399 e. The first-order valence-corrected chi connectivity index (χ1v) is 6.79. The minimum absolute atomic E-state index is 0.0532. The van der Waals surface area contributed by atoms with Gasteiger partial charge in [-0.25, -0.2) is 0 Å². The molecule has 1 saturated carbocycles. The summed E-state index contributed by atoms with van der Waals surface area (Å²) in [5.41, 5.74) is 8.18. The molecule has 1 heterocycles. The van der Waals surface area contributed by atoms with Crippen molar-refractivity contribution in [2.45, 2.75) is 25.4 Å². The van der Waals surface area contributed by atoms with Gasteiger partial charge in [0.2, 0.25) is 0 Å². The number of nitrogens with zero attached hydrogens (tertiary/aromatic N) is 2. The molecule has 0 aliphatic heterocycles. The molecule has 4 heteroatoms. The van der Waals surface area contributed by atoms with E-state index in [0.717, 1.165) is 24.1 Å². The van der Waals surface area contributed by atoms with Crippen molar-refractivity contribution in [3.8, 4) is 0 Å². The van der Waals surface area contributed by atoms with Gasteiger partial charge in [-0.2, -0.15) is 0 Å². The Labute approximate surface area is 118 Å². The highest BCUT2D eigenvalue weighted by molar-refractivity contribution is 5.94. The van der Waals surface area contributed by atoms with E-state index in [2.05, 4.69) is 4.98 Å². The number of nitrogens with two attached hydrogens (primary N) is 1. The quantitative estimate of drug-likeness (QED) is 0.866. The van der Waals surface area contributed by atoms with E-state index in [1.165, 1.54) is 0 Å². The third kappa shape index (κ3) is 2.79. The molecule has 0 saturated heterocycles. The molecule has 0 radical (unpaired) electrons. The van der Waals surface area contributed by atoms with Gasteiger partial charge in [0, 0.05) is 30.7 Å². The summed E-state index contributed by atoms with van der Waals surface area (Å²) >= 11 is 0. The number of anilines is 1. The monoisotopic (exact) mass is 267 g/mol. The zero-order chi connectivity index (χ0) is 13.9. The number of carbonyl (C=O) groups excluding carboxylic acids is 1. The lowest BCUT2D eigenvalue weighted by molar-refractivity contribution is 0.0729. The van der Waals surface area contributed by atoms with Crippen molar-refractivity contribution in [2.24, 2.45) is 0 Å². The SMILES string of the molecule is Nc1ccc(CN(C(=O)c2cccnc2)C2CC2)cc1. The molecule has 0 unspecified atom stereocenters. The van der Waals surface area contributed by atoms with E-state index >= 15 is 0 Å². The molecule has 102 valence electrons. The first-order chi connectivity index (χ1) is 9.74. The fraction of sp³-hybridized carbons (Fsp3) is 0.250. The number of pyridine rings is 1. The van der Waals surface area contributed by atoms with Crippen LogP contribution < -0.4 is 5.73 Å². The lowest BCUT2D eigenvalue weighted by Gasteiger charge is -2.22. The van der Waals surface area contributed by atoms with Gasteiger partial charge in [-0.1, -0.05) is 12.1 Å². The fourth-order valence-corrected chi connectivity index (χ4v) is 2.23. The average molecular weight is 267 g/mol. The van der Waals surface area contributed by atoms with Crippen LogP contribution in [0.1, 0.15) is 28.8 Å². The van der Waals surface area contributed by atoms with Crippen molar-refractivity contribution in [2.75, 3.05) is 5.73 Å². The molecule has 1 aliphatic rings. The van der Waals surface area contributed by atoms with E-state index < -0.39 is 0 Å². The Kier molecular flexibility index (Phi) is 3.37. The van der Waals surface area contributed by atoms with Crippen LogP contribution in [-0.2, 0) is 6.54 Å². The van der Waals surface area contributed by atoms with Crippen LogP contribution in [0, 0.1) is 0 Å². The van der Waals surface area contributed by atoms with Gasteiger partial charge in [0.25, 0.3) is 5.91 Å². The predicted octanol–water partition coefficient (Wildman–Crippen LogP) is 2.47. The van der Waals surface area contributed by atoms with Crippen LogP contribution in [0.2, 0.25) is 0 Å². The second-order valence-corrected chi connectivity index (χ2v) is 5.15. The van der Waals surface area contributed by atoms with Crippen LogP contribution in [0.15, 0.2) is 48.8 Å². The molecule has 1 aliphatic carbocycles. The molecule has 0 atom stereocenters. The van der Waals surface area contributed by atoms with Crippen molar-refractivity contribution < 1.29 is 4.79 Å². The molecule has 4 nitrogen and oxygen atoms in total. The number of nitrogen functional groups attached to an aromatic ring is 1. The predicted molar refractivity (Wildman–Crippen MR) is 78.0 cm³/mol. The number of hydrogen-bond acceptors (Lipinski definition) is 3. The smallest absolute Gasteiger partial charge is 0.255 e. The second-order valence-electron chi connectivity index (χ2n) is 5.15. The molecule has 0 spiro atoms. The van der Waals surface area contributed by atoms with E-state index in [1.54, 1.807) is 18.5 Å². The molecule has 2 aromatic rings.